The Morgan fingerprint density at radius 2 is 1.43 bits per heavy atom. The number of rotatable bonds is 12. The SMILES string of the molecule is Cc1ccc(CN(C(=O)CN(c2cc(Cl)ccc2Cl)S(=O)(=O)c2ccccc2)[C@@H](Cc2ccccc2)C(=O)NC(C)C)cc1. The van der Waals surface area contributed by atoms with E-state index in [4.69, 9.17) is 23.2 Å². The molecule has 0 bridgehead atoms. The van der Waals surface area contributed by atoms with E-state index in [9.17, 15) is 18.0 Å². The molecule has 230 valence electrons. The van der Waals surface area contributed by atoms with Crippen molar-refractivity contribution in [2.75, 3.05) is 10.8 Å². The zero-order valence-electron chi connectivity index (χ0n) is 24.8. The molecule has 0 heterocycles. The Hall–Kier alpha value is -3.85. The van der Waals surface area contributed by atoms with Crippen molar-refractivity contribution in [1.82, 2.24) is 10.2 Å². The molecule has 7 nitrogen and oxygen atoms in total. The minimum atomic E-state index is -4.28. The lowest BCUT2D eigenvalue weighted by Gasteiger charge is -2.34. The molecular formula is C34H35Cl2N3O4S. The fraction of sp³-hybridized carbons (Fsp3) is 0.235. The van der Waals surface area contributed by atoms with Gasteiger partial charge in [-0.2, -0.15) is 0 Å². The van der Waals surface area contributed by atoms with Crippen LogP contribution in [-0.4, -0.2) is 43.8 Å². The highest BCUT2D eigenvalue weighted by Gasteiger charge is 2.35. The normalized spacial score (nSPS) is 12.0. The molecule has 10 heteroatoms. The molecule has 0 aliphatic rings. The number of amides is 2. The predicted molar refractivity (Wildman–Crippen MR) is 176 cm³/mol. The van der Waals surface area contributed by atoms with E-state index in [1.165, 1.54) is 29.2 Å². The molecular weight excluding hydrogens is 617 g/mol. The third-order valence-electron chi connectivity index (χ3n) is 6.96. The lowest BCUT2D eigenvalue weighted by atomic mass is 10.0. The molecule has 4 rings (SSSR count). The number of sulfonamides is 1. The number of anilines is 1. The minimum absolute atomic E-state index is 0.0210. The Morgan fingerprint density at radius 1 is 0.818 bits per heavy atom. The third kappa shape index (κ3) is 8.40. The molecule has 2 amide bonds. The average Bonchev–Trinajstić information content (AvgIpc) is 3.00. The van der Waals surface area contributed by atoms with Crippen LogP contribution in [-0.2, 0) is 32.6 Å². The number of nitrogens with one attached hydrogen (secondary N) is 1. The number of benzene rings is 4. The van der Waals surface area contributed by atoms with Crippen LogP contribution in [0.25, 0.3) is 0 Å². The number of aryl methyl sites for hydroxylation is 1. The third-order valence-corrected chi connectivity index (χ3v) is 9.29. The van der Waals surface area contributed by atoms with Gasteiger partial charge in [-0.3, -0.25) is 13.9 Å². The summed E-state index contributed by atoms with van der Waals surface area (Å²) in [6.07, 6.45) is 0.223. The van der Waals surface area contributed by atoms with Gasteiger partial charge < -0.3 is 10.2 Å². The largest absolute Gasteiger partial charge is 0.352 e. The highest BCUT2D eigenvalue weighted by Crippen LogP contribution is 2.33. The number of hydrogen-bond donors (Lipinski definition) is 1. The lowest BCUT2D eigenvalue weighted by Crippen LogP contribution is -2.54. The second-order valence-electron chi connectivity index (χ2n) is 10.8. The van der Waals surface area contributed by atoms with E-state index in [-0.39, 0.29) is 45.5 Å². The summed E-state index contributed by atoms with van der Waals surface area (Å²) in [7, 11) is -4.28. The molecule has 0 aliphatic carbocycles. The summed E-state index contributed by atoms with van der Waals surface area (Å²) < 4.78 is 29.1. The number of nitrogens with zero attached hydrogens (tertiary/aromatic N) is 2. The van der Waals surface area contributed by atoms with Crippen LogP contribution in [0, 0.1) is 6.92 Å². The zero-order valence-corrected chi connectivity index (χ0v) is 27.1. The fourth-order valence-electron chi connectivity index (χ4n) is 4.73. The molecule has 0 saturated carbocycles. The zero-order chi connectivity index (χ0) is 31.9. The Kier molecular flexibility index (Phi) is 11.1. The van der Waals surface area contributed by atoms with Gasteiger partial charge in [0.05, 0.1) is 15.6 Å². The topological polar surface area (TPSA) is 86.8 Å². The first-order valence-electron chi connectivity index (χ1n) is 14.2. The van der Waals surface area contributed by atoms with Gasteiger partial charge in [-0.1, -0.05) is 102 Å². The predicted octanol–water partition coefficient (Wildman–Crippen LogP) is 6.66. The summed E-state index contributed by atoms with van der Waals surface area (Å²) in [5.74, 6) is -0.927. The quantitative estimate of drug-likeness (QED) is 0.186. The first kappa shape index (κ1) is 33.1. The maximum atomic E-state index is 14.5. The van der Waals surface area contributed by atoms with Gasteiger partial charge in [0.2, 0.25) is 11.8 Å². The van der Waals surface area contributed by atoms with Crippen molar-refractivity contribution in [2.24, 2.45) is 0 Å². The summed E-state index contributed by atoms with van der Waals surface area (Å²) in [4.78, 5) is 29.6. The summed E-state index contributed by atoms with van der Waals surface area (Å²) in [6.45, 7) is 5.11. The van der Waals surface area contributed by atoms with Crippen LogP contribution < -0.4 is 9.62 Å². The second-order valence-corrected chi connectivity index (χ2v) is 13.5. The van der Waals surface area contributed by atoms with E-state index >= 15 is 0 Å². The molecule has 1 N–H and O–H groups in total. The molecule has 44 heavy (non-hydrogen) atoms. The molecule has 4 aromatic rings. The van der Waals surface area contributed by atoms with E-state index in [1.54, 1.807) is 24.3 Å². The van der Waals surface area contributed by atoms with Gasteiger partial charge in [-0.25, -0.2) is 8.42 Å². The fourth-order valence-corrected chi connectivity index (χ4v) is 6.62. The van der Waals surface area contributed by atoms with E-state index in [1.807, 2.05) is 75.4 Å². The number of halogens is 2. The molecule has 4 aromatic carbocycles. The molecule has 0 saturated heterocycles. The van der Waals surface area contributed by atoms with Crippen LogP contribution in [0.4, 0.5) is 5.69 Å². The molecule has 1 atom stereocenters. The number of carbonyl (C=O) groups excluding carboxylic acids is 2. The van der Waals surface area contributed by atoms with E-state index in [0.29, 0.717) is 0 Å². The van der Waals surface area contributed by atoms with Gasteiger partial charge in [0.1, 0.15) is 12.6 Å². The van der Waals surface area contributed by atoms with Crippen molar-refractivity contribution in [2.45, 2.75) is 50.7 Å². The molecule has 0 spiro atoms. The average molecular weight is 653 g/mol. The minimum Gasteiger partial charge on any atom is -0.352 e. The van der Waals surface area contributed by atoms with Crippen molar-refractivity contribution < 1.29 is 18.0 Å². The second kappa shape index (κ2) is 14.8. The van der Waals surface area contributed by atoms with Crippen molar-refractivity contribution in [3.05, 3.63) is 130 Å². The van der Waals surface area contributed by atoms with Crippen LogP contribution in [0.2, 0.25) is 10.0 Å². The van der Waals surface area contributed by atoms with Gasteiger partial charge in [-0.05, 0) is 62.2 Å². The van der Waals surface area contributed by atoms with Crippen molar-refractivity contribution in [3.63, 3.8) is 0 Å². The smallest absolute Gasteiger partial charge is 0.264 e. The van der Waals surface area contributed by atoms with E-state index in [2.05, 4.69) is 5.32 Å². The highest BCUT2D eigenvalue weighted by molar-refractivity contribution is 7.92. The maximum absolute atomic E-state index is 14.5. The van der Waals surface area contributed by atoms with Gasteiger partial charge in [0.25, 0.3) is 10.0 Å². The van der Waals surface area contributed by atoms with E-state index in [0.717, 1.165) is 21.0 Å². The van der Waals surface area contributed by atoms with Gasteiger partial charge in [0.15, 0.2) is 0 Å². The molecule has 0 aromatic heterocycles. The molecule has 0 unspecified atom stereocenters. The summed E-state index contributed by atoms with van der Waals surface area (Å²) >= 11 is 12.8. The van der Waals surface area contributed by atoms with Gasteiger partial charge in [0, 0.05) is 24.0 Å². The van der Waals surface area contributed by atoms with Crippen LogP contribution in [0.1, 0.15) is 30.5 Å². The van der Waals surface area contributed by atoms with Gasteiger partial charge >= 0.3 is 0 Å². The number of hydrogen-bond acceptors (Lipinski definition) is 4. The van der Waals surface area contributed by atoms with Crippen LogP contribution in [0.3, 0.4) is 0 Å². The Morgan fingerprint density at radius 3 is 2.05 bits per heavy atom. The van der Waals surface area contributed by atoms with Crippen LogP contribution in [0.5, 0.6) is 0 Å². The van der Waals surface area contributed by atoms with Crippen molar-refractivity contribution >= 4 is 50.7 Å². The molecule has 0 fully saturated rings. The summed E-state index contributed by atoms with van der Waals surface area (Å²) in [6, 6.07) is 28.1. The number of carbonyl (C=O) groups is 2. The Balaban J connectivity index is 1.82. The summed E-state index contributed by atoms with van der Waals surface area (Å²) in [5.41, 5.74) is 2.74. The standard InChI is InChI=1S/C34H35Cl2N3O4S/c1-24(2)37-34(41)32(20-26-10-6-4-7-11-26)38(22-27-16-14-25(3)15-17-27)33(40)23-39(31-21-28(35)18-19-30(31)36)44(42,43)29-12-8-5-9-13-29/h4-19,21,24,32H,20,22-23H2,1-3H3,(H,37,41)/t32-/m0/s1. The first-order valence-corrected chi connectivity index (χ1v) is 16.4. The Bertz CT molecular complexity index is 1680. The Labute approximate surface area is 269 Å². The monoisotopic (exact) mass is 651 g/mol. The maximum Gasteiger partial charge on any atom is 0.264 e. The highest BCUT2D eigenvalue weighted by atomic mass is 35.5. The van der Waals surface area contributed by atoms with Crippen molar-refractivity contribution in [1.29, 1.82) is 0 Å². The molecule has 0 radical (unpaired) electrons. The van der Waals surface area contributed by atoms with E-state index < -0.39 is 28.5 Å². The summed E-state index contributed by atoms with van der Waals surface area (Å²) in [5, 5.41) is 3.30. The lowest BCUT2D eigenvalue weighted by molar-refractivity contribution is -0.140. The van der Waals surface area contributed by atoms with Gasteiger partial charge in [-0.15, -0.1) is 0 Å². The van der Waals surface area contributed by atoms with Crippen molar-refractivity contribution in [3.8, 4) is 0 Å². The molecule has 0 aliphatic heterocycles. The van der Waals surface area contributed by atoms with Crippen LogP contribution in [0.15, 0.2) is 108 Å². The van der Waals surface area contributed by atoms with Crippen LogP contribution >= 0.6 is 23.2 Å². The first-order chi connectivity index (χ1) is 21.0.